The lowest BCUT2D eigenvalue weighted by Gasteiger charge is -2.08. The average Bonchev–Trinajstić information content (AvgIpc) is 2.83. The molecule has 0 atom stereocenters. The largest absolute Gasteiger partial charge is 0.497 e. The van der Waals surface area contributed by atoms with Crippen molar-refractivity contribution in [1.82, 2.24) is 5.43 Å². The number of nitrogens with zero attached hydrogens (tertiary/aromatic N) is 1. The minimum Gasteiger partial charge on any atom is -0.497 e. The van der Waals surface area contributed by atoms with Crippen LogP contribution in [-0.2, 0) is 10.1 Å². The van der Waals surface area contributed by atoms with E-state index >= 15 is 0 Å². The maximum Gasteiger partial charge on any atom is 0.339 e. The Balaban J connectivity index is 1.43. The summed E-state index contributed by atoms with van der Waals surface area (Å²) in [5.74, 6) is 0.306. The van der Waals surface area contributed by atoms with Gasteiger partial charge in [0, 0.05) is 5.56 Å². The number of rotatable bonds is 7. The first kappa shape index (κ1) is 22.0. The van der Waals surface area contributed by atoms with E-state index in [1.165, 1.54) is 49.7 Å². The fourth-order valence-electron chi connectivity index (χ4n) is 3.12. The fraction of sp³-hybridized carbons (Fsp3) is 0.0400. The number of hydrazone groups is 1. The highest BCUT2D eigenvalue weighted by atomic mass is 32.2. The summed E-state index contributed by atoms with van der Waals surface area (Å²) in [7, 11) is -2.52. The number of fused-ring (bicyclic) bond motifs is 1. The Labute approximate surface area is 191 Å². The first-order valence-electron chi connectivity index (χ1n) is 9.95. The van der Waals surface area contributed by atoms with E-state index in [1.807, 2.05) is 30.3 Å². The van der Waals surface area contributed by atoms with Crippen LogP contribution in [0, 0.1) is 0 Å². The van der Waals surface area contributed by atoms with Crippen molar-refractivity contribution >= 4 is 33.0 Å². The molecule has 0 aliphatic heterocycles. The number of carbonyl (C=O) groups is 1. The van der Waals surface area contributed by atoms with Gasteiger partial charge in [0.25, 0.3) is 5.91 Å². The van der Waals surface area contributed by atoms with Gasteiger partial charge in [-0.25, -0.2) is 5.43 Å². The van der Waals surface area contributed by atoms with Gasteiger partial charge in [0.1, 0.15) is 16.4 Å². The van der Waals surface area contributed by atoms with Crippen LogP contribution >= 0.6 is 0 Å². The van der Waals surface area contributed by atoms with E-state index in [4.69, 9.17) is 8.92 Å². The van der Waals surface area contributed by atoms with Crippen LogP contribution in [0.25, 0.3) is 10.8 Å². The summed E-state index contributed by atoms with van der Waals surface area (Å²) >= 11 is 0. The zero-order valence-corrected chi connectivity index (χ0v) is 18.5. The van der Waals surface area contributed by atoms with Gasteiger partial charge in [-0.1, -0.05) is 42.5 Å². The molecule has 1 N–H and O–H groups in total. The molecule has 33 heavy (non-hydrogen) atoms. The summed E-state index contributed by atoms with van der Waals surface area (Å²) in [5.41, 5.74) is 3.51. The highest BCUT2D eigenvalue weighted by Gasteiger charge is 2.16. The van der Waals surface area contributed by atoms with Crippen molar-refractivity contribution in [2.45, 2.75) is 4.90 Å². The number of methoxy groups -OCH3 is 1. The van der Waals surface area contributed by atoms with Gasteiger partial charge in [0.05, 0.1) is 13.3 Å². The predicted molar refractivity (Wildman–Crippen MR) is 126 cm³/mol. The monoisotopic (exact) mass is 460 g/mol. The van der Waals surface area contributed by atoms with Crippen LogP contribution in [0.5, 0.6) is 11.5 Å². The molecule has 0 radical (unpaired) electrons. The van der Waals surface area contributed by atoms with E-state index in [9.17, 15) is 13.2 Å². The second-order valence-electron chi connectivity index (χ2n) is 7.05. The highest BCUT2D eigenvalue weighted by Crippen LogP contribution is 2.21. The lowest BCUT2D eigenvalue weighted by atomic mass is 10.1. The standard InChI is InChI=1S/C25H20N2O5S/c1-31-22-11-13-24(14-12-22)33(29,30)32-23-8-4-5-18(15-23)17-26-27-25(28)21-10-9-19-6-2-3-7-20(19)16-21/h2-17H,1H3,(H,27,28)/b26-17-. The zero-order chi connectivity index (χ0) is 23.3. The van der Waals surface area contributed by atoms with Crippen LogP contribution in [0.15, 0.2) is 101 Å². The van der Waals surface area contributed by atoms with Gasteiger partial charge in [-0.15, -0.1) is 0 Å². The number of hydrogen-bond donors (Lipinski definition) is 1. The molecule has 0 heterocycles. The molecule has 4 aromatic rings. The number of hydrogen-bond acceptors (Lipinski definition) is 6. The second-order valence-corrected chi connectivity index (χ2v) is 8.59. The minimum absolute atomic E-state index is 0.00465. The summed E-state index contributed by atoms with van der Waals surface area (Å²) in [6.45, 7) is 0. The smallest absolute Gasteiger partial charge is 0.339 e. The quantitative estimate of drug-likeness (QED) is 0.251. The van der Waals surface area contributed by atoms with Crippen molar-refractivity contribution < 1.29 is 22.1 Å². The number of carbonyl (C=O) groups excluding carboxylic acids is 1. The minimum atomic E-state index is -4.01. The first-order chi connectivity index (χ1) is 15.9. The lowest BCUT2D eigenvalue weighted by molar-refractivity contribution is 0.0955. The van der Waals surface area contributed by atoms with Crippen molar-refractivity contribution in [2.24, 2.45) is 5.10 Å². The Morgan fingerprint density at radius 1 is 0.848 bits per heavy atom. The van der Waals surface area contributed by atoms with E-state index in [1.54, 1.807) is 24.3 Å². The van der Waals surface area contributed by atoms with Crippen molar-refractivity contribution in [2.75, 3.05) is 7.11 Å². The molecule has 0 aromatic heterocycles. The third kappa shape index (κ3) is 5.36. The maximum atomic E-state index is 12.5. The van der Waals surface area contributed by atoms with Crippen LogP contribution < -0.4 is 14.3 Å². The molecular weight excluding hydrogens is 440 g/mol. The van der Waals surface area contributed by atoms with Crippen LogP contribution in [0.4, 0.5) is 0 Å². The Bertz CT molecular complexity index is 1430. The van der Waals surface area contributed by atoms with Gasteiger partial charge in [-0.3, -0.25) is 4.79 Å². The molecule has 0 saturated heterocycles. The molecule has 7 nitrogen and oxygen atoms in total. The number of amides is 1. The normalized spacial score (nSPS) is 11.4. The van der Waals surface area contributed by atoms with Crippen LogP contribution in [-0.4, -0.2) is 27.6 Å². The SMILES string of the molecule is COc1ccc(S(=O)(=O)Oc2cccc(/C=N\NC(=O)c3ccc4ccccc4c3)c2)cc1. The zero-order valence-electron chi connectivity index (χ0n) is 17.6. The van der Waals surface area contributed by atoms with Gasteiger partial charge in [-0.2, -0.15) is 13.5 Å². The van der Waals surface area contributed by atoms with Gasteiger partial charge in [0.2, 0.25) is 0 Å². The third-order valence-corrected chi connectivity index (χ3v) is 6.06. The molecular formula is C25H20N2O5S. The van der Waals surface area contributed by atoms with E-state index in [0.717, 1.165) is 10.8 Å². The molecule has 4 aromatic carbocycles. The average molecular weight is 461 g/mol. The van der Waals surface area contributed by atoms with Gasteiger partial charge >= 0.3 is 10.1 Å². The maximum absolute atomic E-state index is 12.5. The molecule has 0 aliphatic rings. The number of ether oxygens (including phenoxy) is 1. The van der Waals surface area contributed by atoms with Crippen LogP contribution in [0.1, 0.15) is 15.9 Å². The van der Waals surface area contributed by atoms with E-state index in [0.29, 0.717) is 16.9 Å². The van der Waals surface area contributed by atoms with Gasteiger partial charge in [0.15, 0.2) is 0 Å². The molecule has 0 aliphatic carbocycles. The second kappa shape index (κ2) is 9.54. The third-order valence-electron chi connectivity index (χ3n) is 4.80. The van der Waals surface area contributed by atoms with Crippen LogP contribution in [0.2, 0.25) is 0 Å². The molecule has 0 saturated carbocycles. The van der Waals surface area contributed by atoms with E-state index in [-0.39, 0.29) is 16.6 Å². The van der Waals surface area contributed by atoms with Gasteiger partial charge in [-0.05, 0) is 64.9 Å². The van der Waals surface area contributed by atoms with Crippen molar-refractivity contribution in [3.63, 3.8) is 0 Å². The van der Waals surface area contributed by atoms with Crippen molar-refractivity contribution in [3.05, 3.63) is 102 Å². The summed E-state index contributed by atoms with van der Waals surface area (Å²) in [4.78, 5) is 12.4. The fourth-order valence-corrected chi connectivity index (χ4v) is 4.05. The van der Waals surface area contributed by atoms with Crippen molar-refractivity contribution in [1.29, 1.82) is 0 Å². The molecule has 8 heteroatoms. The van der Waals surface area contributed by atoms with E-state index < -0.39 is 10.1 Å². The Morgan fingerprint density at radius 2 is 1.61 bits per heavy atom. The number of benzene rings is 4. The Morgan fingerprint density at radius 3 is 2.36 bits per heavy atom. The van der Waals surface area contributed by atoms with E-state index in [2.05, 4.69) is 10.5 Å². The van der Waals surface area contributed by atoms with Gasteiger partial charge < -0.3 is 8.92 Å². The molecule has 1 amide bonds. The molecule has 0 fully saturated rings. The topological polar surface area (TPSA) is 94.1 Å². The summed E-state index contributed by atoms with van der Waals surface area (Å²) in [6.07, 6.45) is 1.41. The highest BCUT2D eigenvalue weighted by molar-refractivity contribution is 7.87. The van der Waals surface area contributed by atoms with Crippen molar-refractivity contribution in [3.8, 4) is 11.5 Å². The molecule has 4 rings (SSSR count). The lowest BCUT2D eigenvalue weighted by Crippen LogP contribution is -2.17. The molecule has 0 unspecified atom stereocenters. The number of nitrogens with one attached hydrogen (secondary N) is 1. The van der Waals surface area contributed by atoms with Crippen LogP contribution in [0.3, 0.4) is 0 Å². The molecule has 166 valence electrons. The molecule has 0 spiro atoms. The Hall–Kier alpha value is -4.17. The predicted octanol–water partition coefficient (Wildman–Crippen LogP) is 4.38. The first-order valence-corrected chi connectivity index (χ1v) is 11.4. The summed E-state index contributed by atoms with van der Waals surface area (Å²) in [5, 5.41) is 5.97. The Kier molecular flexibility index (Phi) is 6.37. The molecule has 0 bridgehead atoms. The summed E-state index contributed by atoms with van der Waals surface area (Å²) < 4.78 is 35.3. The summed E-state index contributed by atoms with van der Waals surface area (Å²) in [6, 6.07) is 25.4.